The van der Waals surface area contributed by atoms with Crippen LogP contribution >= 0.6 is 11.8 Å². The summed E-state index contributed by atoms with van der Waals surface area (Å²) in [5.41, 5.74) is 0.672. The zero-order valence-electron chi connectivity index (χ0n) is 10.8. The molecule has 2 fully saturated rings. The molecule has 0 aromatic carbocycles. The van der Waals surface area contributed by atoms with Crippen LogP contribution in [0, 0.1) is 11.3 Å². The van der Waals surface area contributed by atoms with Gasteiger partial charge in [0.25, 0.3) is 0 Å². The molecule has 2 aliphatic rings. The second kappa shape index (κ2) is 5.40. The van der Waals surface area contributed by atoms with Crippen molar-refractivity contribution in [1.29, 1.82) is 5.26 Å². The number of nitrogens with one attached hydrogen (secondary N) is 1. The Morgan fingerprint density at radius 3 is 3.32 bits per heavy atom. The summed E-state index contributed by atoms with van der Waals surface area (Å²) >= 11 is 1.97. The van der Waals surface area contributed by atoms with E-state index < -0.39 is 0 Å². The molecule has 1 N–H and O–H groups in total. The summed E-state index contributed by atoms with van der Waals surface area (Å²) in [6, 6.07) is 6.14. The third-order valence-electron chi connectivity index (χ3n) is 3.83. The van der Waals surface area contributed by atoms with E-state index in [1.807, 2.05) is 11.8 Å². The van der Waals surface area contributed by atoms with Crippen LogP contribution in [0.3, 0.4) is 0 Å². The van der Waals surface area contributed by atoms with Crippen LogP contribution < -0.4 is 5.32 Å². The van der Waals surface area contributed by atoms with E-state index in [0.717, 1.165) is 31.6 Å². The van der Waals surface area contributed by atoms with Gasteiger partial charge < -0.3 is 10.1 Å². The minimum absolute atomic E-state index is 0.0577. The van der Waals surface area contributed by atoms with Gasteiger partial charge in [-0.1, -0.05) is 0 Å². The van der Waals surface area contributed by atoms with Crippen LogP contribution in [-0.4, -0.2) is 34.7 Å². The molecular formula is C14H17N3OS. The van der Waals surface area contributed by atoms with Gasteiger partial charge in [-0.3, -0.25) is 0 Å². The summed E-state index contributed by atoms with van der Waals surface area (Å²) < 4.78 is 6.00. The lowest BCUT2D eigenvalue weighted by Gasteiger charge is -2.38. The minimum Gasteiger partial charge on any atom is -0.374 e. The first-order valence-corrected chi connectivity index (χ1v) is 7.80. The Morgan fingerprint density at radius 1 is 1.58 bits per heavy atom. The van der Waals surface area contributed by atoms with Crippen molar-refractivity contribution in [1.82, 2.24) is 4.98 Å². The van der Waals surface area contributed by atoms with Gasteiger partial charge in [0.1, 0.15) is 11.9 Å². The smallest absolute Gasteiger partial charge is 0.144 e. The Morgan fingerprint density at radius 2 is 2.53 bits per heavy atom. The van der Waals surface area contributed by atoms with Gasteiger partial charge >= 0.3 is 0 Å². The van der Waals surface area contributed by atoms with Crippen molar-refractivity contribution in [2.75, 3.05) is 23.4 Å². The number of hydrogen-bond acceptors (Lipinski definition) is 5. The molecule has 19 heavy (non-hydrogen) atoms. The molecule has 2 saturated heterocycles. The van der Waals surface area contributed by atoms with Crippen LogP contribution in [0.2, 0.25) is 0 Å². The number of anilines is 1. The highest BCUT2D eigenvalue weighted by molar-refractivity contribution is 7.99. The number of aromatic nitrogens is 1. The lowest BCUT2D eigenvalue weighted by Crippen LogP contribution is -2.44. The molecule has 3 rings (SSSR count). The number of rotatable bonds is 2. The van der Waals surface area contributed by atoms with Crippen molar-refractivity contribution in [3.8, 4) is 6.07 Å². The third kappa shape index (κ3) is 2.70. The van der Waals surface area contributed by atoms with E-state index in [1.165, 1.54) is 5.75 Å². The maximum absolute atomic E-state index is 9.09. The fourth-order valence-electron chi connectivity index (χ4n) is 2.82. The van der Waals surface area contributed by atoms with E-state index in [1.54, 1.807) is 18.3 Å². The Labute approximate surface area is 117 Å². The van der Waals surface area contributed by atoms with Crippen molar-refractivity contribution in [2.24, 2.45) is 0 Å². The lowest BCUT2D eigenvalue weighted by molar-refractivity contribution is -0.0628. The topological polar surface area (TPSA) is 57.9 Å². The maximum Gasteiger partial charge on any atom is 0.144 e. The number of nitriles is 1. The predicted octanol–water partition coefficient (Wildman–Crippen LogP) is 2.42. The van der Waals surface area contributed by atoms with Gasteiger partial charge in [0.15, 0.2) is 0 Å². The lowest BCUT2D eigenvalue weighted by atomic mass is 9.90. The highest BCUT2D eigenvalue weighted by Gasteiger charge is 2.40. The molecule has 100 valence electrons. The fraction of sp³-hybridized carbons (Fsp3) is 0.571. The maximum atomic E-state index is 9.09. The molecule has 5 heteroatoms. The van der Waals surface area contributed by atoms with Crippen LogP contribution in [0.25, 0.3) is 0 Å². The summed E-state index contributed by atoms with van der Waals surface area (Å²) in [6.07, 6.45) is 4.86. The molecule has 2 atom stereocenters. The molecule has 0 unspecified atom stereocenters. The van der Waals surface area contributed by atoms with Gasteiger partial charge in [0.2, 0.25) is 0 Å². The molecule has 0 saturated carbocycles. The number of pyridine rings is 1. The molecular weight excluding hydrogens is 258 g/mol. The fourth-order valence-corrected chi connectivity index (χ4v) is 4.20. The molecule has 3 heterocycles. The SMILES string of the molecule is N#Cc1cccnc1N[C@@H]1CCO[C@]2(CCSC2)C1. The van der Waals surface area contributed by atoms with Crippen molar-refractivity contribution in [3.05, 3.63) is 23.9 Å². The van der Waals surface area contributed by atoms with Crippen molar-refractivity contribution < 1.29 is 4.74 Å². The largest absolute Gasteiger partial charge is 0.374 e. The second-order valence-corrected chi connectivity index (χ2v) is 6.28. The molecule has 0 bridgehead atoms. The first-order valence-electron chi connectivity index (χ1n) is 6.65. The highest BCUT2D eigenvalue weighted by atomic mass is 32.2. The minimum atomic E-state index is 0.0577. The Kier molecular flexibility index (Phi) is 3.63. The van der Waals surface area contributed by atoms with Gasteiger partial charge in [-0.15, -0.1) is 0 Å². The van der Waals surface area contributed by atoms with E-state index in [9.17, 15) is 0 Å². The Balaban J connectivity index is 1.71. The normalized spacial score (nSPS) is 30.2. The summed E-state index contributed by atoms with van der Waals surface area (Å²) in [7, 11) is 0. The first kappa shape index (κ1) is 12.8. The molecule has 1 aromatic heterocycles. The Hall–Kier alpha value is -1.25. The first-order chi connectivity index (χ1) is 9.31. The summed E-state index contributed by atoms with van der Waals surface area (Å²) in [5, 5.41) is 12.5. The molecule has 4 nitrogen and oxygen atoms in total. The van der Waals surface area contributed by atoms with Gasteiger partial charge in [-0.2, -0.15) is 17.0 Å². The molecule has 0 amide bonds. The van der Waals surface area contributed by atoms with Gasteiger partial charge in [-0.05, 0) is 37.1 Å². The van der Waals surface area contributed by atoms with Gasteiger partial charge in [0, 0.05) is 24.6 Å². The van der Waals surface area contributed by atoms with E-state index in [2.05, 4.69) is 16.4 Å². The zero-order chi connectivity index (χ0) is 13.1. The van der Waals surface area contributed by atoms with Crippen LogP contribution in [0.5, 0.6) is 0 Å². The average Bonchev–Trinajstić information content (AvgIpc) is 2.87. The Bertz CT molecular complexity index is 494. The monoisotopic (exact) mass is 275 g/mol. The average molecular weight is 275 g/mol. The highest BCUT2D eigenvalue weighted by Crippen LogP contribution is 2.38. The molecule has 1 aromatic rings. The quantitative estimate of drug-likeness (QED) is 0.898. The van der Waals surface area contributed by atoms with E-state index in [0.29, 0.717) is 17.4 Å². The number of thioether (sulfide) groups is 1. The predicted molar refractivity (Wildman–Crippen MR) is 76.2 cm³/mol. The molecule has 0 aliphatic carbocycles. The van der Waals surface area contributed by atoms with Crippen molar-refractivity contribution in [3.63, 3.8) is 0 Å². The van der Waals surface area contributed by atoms with Gasteiger partial charge in [-0.25, -0.2) is 4.98 Å². The van der Waals surface area contributed by atoms with E-state index in [4.69, 9.17) is 10.00 Å². The molecule has 2 aliphatic heterocycles. The van der Waals surface area contributed by atoms with E-state index in [-0.39, 0.29) is 5.60 Å². The van der Waals surface area contributed by atoms with Crippen molar-refractivity contribution >= 4 is 17.6 Å². The number of hydrogen-bond donors (Lipinski definition) is 1. The summed E-state index contributed by atoms with van der Waals surface area (Å²) in [5.74, 6) is 3.00. The van der Waals surface area contributed by atoms with Crippen LogP contribution in [-0.2, 0) is 4.74 Å². The van der Waals surface area contributed by atoms with Crippen LogP contribution in [0.15, 0.2) is 18.3 Å². The number of ether oxygens (including phenoxy) is 1. The standard InChI is InChI=1S/C14H17N3OS/c15-9-11-2-1-5-16-13(11)17-12-3-6-18-14(8-12)4-7-19-10-14/h1-2,5,12H,3-4,6-8,10H2,(H,16,17)/t12-,14-/m1/s1. The molecule has 1 spiro atoms. The number of nitrogens with zero attached hydrogens (tertiary/aromatic N) is 2. The van der Waals surface area contributed by atoms with Crippen LogP contribution in [0.1, 0.15) is 24.8 Å². The molecule has 0 radical (unpaired) electrons. The van der Waals surface area contributed by atoms with Crippen LogP contribution in [0.4, 0.5) is 5.82 Å². The summed E-state index contributed by atoms with van der Waals surface area (Å²) in [6.45, 7) is 0.799. The summed E-state index contributed by atoms with van der Waals surface area (Å²) in [4.78, 5) is 4.28. The van der Waals surface area contributed by atoms with Crippen molar-refractivity contribution in [2.45, 2.75) is 30.9 Å². The second-order valence-electron chi connectivity index (χ2n) is 5.18. The van der Waals surface area contributed by atoms with E-state index >= 15 is 0 Å². The third-order valence-corrected chi connectivity index (χ3v) is 5.05. The zero-order valence-corrected chi connectivity index (χ0v) is 11.6. The van der Waals surface area contributed by atoms with Gasteiger partial charge in [0.05, 0.1) is 11.2 Å².